The van der Waals surface area contributed by atoms with E-state index in [-0.39, 0.29) is 5.91 Å². The molecule has 13 heavy (non-hydrogen) atoms. The lowest BCUT2D eigenvalue weighted by Crippen LogP contribution is -2.24. The maximum absolute atomic E-state index is 11.1. The van der Waals surface area contributed by atoms with E-state index in [9.17, 15) is 4.79 Å². The van der Waals surface area contributed by atoms with Crippen molar-refractivity contribution in [3.63, 3.8) is 0 Å². The highest BCUT2D eigenvalue weighted by atomic mass is 16.1. The van der Waals surface area contributed by atoms with Crippen molar-refractivity contribution in [1.82, 2.24) is 5.32 Å². The van der Waals surface area contributed by atoms with E-state index in [1.165, 1.54) is 0 Å². The molecule has 0 atom stereocenters. The summed E-state index contributed by atoms with van der Waals surface area (Å²) in [6.07, 6.45) is 2.14. The van der Waals surface area contributed by atoms with E-state index in [0.717, 1.165) is 19.4 Å². The Morgan fingerprint density at radius 3 is 2.69 bits per heavy atom. The summed E-state index contributed by atoms with van der Waals surface area (Å²) in [6.45, 7) is 5.20. The number of amides is 1. The van der Waals surface area contributed by atoms with Gasteiger partial charge in [0.1, 0.15) is 0 Å². The lowest BCUT2D eigenvalue weighted by atomic mass is 10.3. The van der Waals surface area contributed by atoms with Crippen LogP contribution in [-0.4, -0.2) is 24.8 Å². The van der Waals surface area contributed by atoms with Gasteiger partial charge >= 0.3 is 0 Å². The normalized spacial score (nSPS) is 11.4. The number of rotatable bonds is 6. The molecule has 76 valence electrons. The van der Waals surface area contributed by atoms with Gasteiger partial charge in [-0.15, -0.1) is 0 Å². The molecule has 0 saturated carbocycles. The second-order valence-electron chi connectivity index (χ2n) is 2.83. The van der Waals surface area contributed by atoms with Gasteiger partial charge in [-0.3, -0.25) is 9.79 Å². The number of nitrogens with zero attached hydrogens (tertiary/aromatic N) is 1. The Labute approximate surface area is 79.6 Å². The number of carbonyl (C=O) groups excluding carboxylic acids is 1. The van der Waals surface area contributed by atoms with Crippen LogP contribution in [0.4, 0.5) is 0 Å². The first-order valence-corrected chi connectivity index (χ1v) is 4.76. The van der Waals surface area contributed by atoms with E-state index >= 15 is 0 Å². The molecule has 0 aromatic heterocycles. The number of aliphatic imine (C=N–C) groups is 1. The average Bonchev–Trinajstić information content (AvgIpc) is 2.14. The van der Waals surface area contributed by atoms with Crippen LogP contribution in [0.1, 0.15) is 33.1 Å². The number of nitrogens with one attached hydrogen (secondary N) is 1. The fourth-order valence-electron chi connectivity index (χ4n) is 0.766. The van der Waals surface area contributed by atoms with Gasteiger partial charge in [-0.1, -0.05) is 13.8 Å². The molecule has 0 radical (unpaired) electrons. The zero-order valence-corrected chi connectivity index (χ0v) is 8.47. The van der Waals surface area contributed by atoms with Crippen molar-refractivity contribution in [1.29, 1.82) is 0 Å². The summed E-state index contributed by atoms with van der Waals surface area (Å²) >= 11 is 0. The number of carbonyl (C=O) groups is 1. The smallest absolute Gasteiger partial charge is 0.221 e. The summed E-state index contributed by atoms with van der Waals surface area (Å²) in [6, 6.07) is 0. The van der Waals surface area contributed by atoms with Gasteiger partial charge in [-0.2, -0.15) is 0 Å². The molecule has 3 N–H and O–H groups in total. The van der Waals surface area contributed by atoms with Gasteiger partial charge in [0, 0.05) is 25.9 Å². The predicted octanol–water partition coefficient (Wildman–Crippen LogP) is 0.670. The Bertz CT molecular complexity index is 178. The molecular weight excluding hydrogens is 166 g/mol. The quantitative estimate of drug-likeness (QED) is 0.472. The first-order valence-electron chi connectivity index (χ1n) is 4.76. The van der Waals surface area contributed by atoms with E-state index in [4.69, 9.17) is 5.73 Å². The highest BCUT2D eigenvalue weighted by Crippen LogP contribution is 1.85. The lowest BCUT2D eigenvalue weighted by Gasteiger charge is -2.01. The molecule has 0 heterocycles. The van der Waals surface area contributed by atoms with Gasteiger partial charge in [-0.05, 0) is 6.42 Å². The van der Waals surface area contributed by atoms with E-state index in [0.29, 0.717) is 18.8 Å². The summed E-state index contributed by atoms with van der Waals surface area (Å²) < 4.78 is 0. The fourth-order valence-corrected chi connectivity index (χ4v) is 0.766. The van der Waals surface area contributed by atoms with E-state index < -0.39 is 0 Å². The van der Waals surface area contributed by atoms with Gasteiger partial charge in [0.2, 0.25) is 5.91 Å². The van der Waals surface area contributed by atoms with Gasteiger partial charge in [0.25, 0.3) is 0 Å². The highest BCUT2D eigenvalue weighted by Gasteiger charge is 1.97. The molecule has 0 rings (SSSR count). The second-order valence-corrected chi connectivity index (χ2v) is 2.83. The van der Waals surface area contributed by atoms with Crippen molar-refractivity contribution in [3.8, 4) is 0 Å². The first kappa shape index (κ1) is 11.9. The highest BCUT2D eigenvalue weighted by molar-refractivity contribution is 5.80. The standard InChI is InChI=1S/C9H19N3O/c1-3-6-12-9(13)5-7-11-8(10)4-2/h3-7H2,1-2H3,(H2,10,11)(H,12,13). The van der Waals surface area contributed by atoms with Crippen LogP contribution in [0.5, 0.6) is 0 Å². The van der Waals surface area contributed by atoms with Gasteiger partial charge < -0.3 is 11.1 Å². The van der Waals surface area contributed by atoms with E-state index in [2.05, 4.69) is 10.3 Å². The van der Waals surface area contributed by atoms with Gasteiger partial charge in [0.15, 0.2) is 0 Å². The molecule has 4 heteroatoms. The Balaban J connectivity index is 3.47. The molecule has 0 aliphatic carbocycles. The molecule has 0 aliphatic heterocycles. The third-order valence-corrected chi connectivity index (χ3v) is 1.59. The Kier molecular flexibility index (Phi) is 6.96. The largest absolute Gasteiger partial charge is 0.387 e. The molecule has 0 aromatic carbocycles. The van der Waals surface area contributed by atoms with Crippen LogP contribution in [0.2, 0.25) is 0 Å². The van der Waals surface area contributed by atoms with Crippen molar-refractivity contribution in [2.75, 3.05) is 13.1 Å². The van der Waals surface area contributed by atoms with Crippen LogP contribution in [0.15, 0.2) is 4.99 Å². The van der Waals surface area contributed by atoms with Crippen molar-refractivity contribution < 1.29 is 4.79 Å². The van der Waals surface area contributed by atoms with E-state index in [1.807, 2.05) is 13.8 Å². The molecule has 0 aromatic rings. The maximum Gasteiger partial charge on any atom is 0.221 e. The Hall–Kier alpha value is -1.06. The Morgan fingerprint density at radius 1 is 1.46 bits per heavy atom. The third-order valence-electron chi connectivity index (χ3n) is 1.59. The van der Waals surface area contributed by atoms with Gasteiger partial charge in [-0.25, -0.2) is 0 Å². The molecule has 0 unspecified atom stereocenters. The van der Waals surface area contributed by atoms with Gasteiger partial charge in [0.05, 0.1) is 5.84 Å². The van der Waals surface area contributed by atoms with Crippen molar-refractivity contribution in [2.24, 2.45) is 10.7 Å². The van der Waals surface area contributed by atoms with Crippen LogP contribution >= 0.6 is 0 Å². The molecule has 0 saturated heterocycles. The van der Waals surface area contributed by atoms with Crippen LogP contribution in [0.25, 0.3) is 0 Å². The molecule has 1 amide bonds. The zero-order chi connectivity index (χ0) is 10.1. The fraction of sp³-hybridized carbons (Fsp3) is 0.778. The average molecular weight is 185 g/mol. The summed E-state index contributed by atoms with van der Waals surface area (Å²) in [4.78, 5) is 15.1. The summed E-state index contributed by atoms with van der Waals surface area (Å²) in [7, 11) is 0. The minimum atomic E-state index is 0.0505. The first-order chi connectivity index (χ1) is 6.20. The van der Waals surface area contributed by atoms with Crippen molar-refractivity contribution in [3.05, 3.63) is 0 Å². The van der Waals surface area contributed by atoms with Crippen molar-refractivity contribution >= 4 is 11.7 Å². The number of nitrogens with two attached hydrogens (primary N) is 1. The summed E-state index contributed by atoms with van der Waals surface area (Å²) in [5, 5.41) is 2.78. The summed E-state index contributed by atoms with van der Waals surface area (Å²) in [5.74, 6) is 0.665. The number of hydrogen-bond acceptors (Lipinski definition) is 2. The summed E-state index contributed by atoms with van der Waals surface area (Å²) in [5.41, 5.74) is 5.48. The maximum atomic E-state index is 11.1. The number of hydrogen-bond donors (Lipinski definition) is 2. The molecule has 0 bridgehead atoms. The third kappa shape index (κ3) is 7.31. The molecule has 0 spiro atoms. The van der Waals surface area contributed by atoms with Crippen LogP contribution < -0.4 is 11.1 Å². The molecule has 4 nitrogen and oxygen atoms in total. The zero-order valence-electron chi connectivity index (χ0n) is 8.47. The molecule has 0 fully saturated rings. The predicted molar refractivity (Wildman–Crippen MR) is 54.7 cm³/mol. The SMILES string of the molecule is CCCNC(=O)CCN=C(N)CC. The lowest BCUT2D eigenvalue weighted by molar-refractivity contribution is -0.120. The topological polar surface area (TPSA) is 67.5 Å². The molecule has 0 aliphatic rings. The van der Waals surface area contributed by atoms with Crippen LogP contribution in [0.3, 0.4) is 0 Å². The van der Waals surface area contributed by atoms with Crippen LogP contribution in [0, 0.1) is 0 Å². The molecular formula is C9H19N3O. The van der Waals surface area contributed by atoms with Crippen LogP contribution in [-0.2, 0) is 4.79 Å². The minimum Gasteiger partial charge on any atom is -0.387 e. The monoisotopic (exact) mass is 185 g/mol. The minimum absolute atomic E-state index is 0.0505. The number of amidine groups is 1. The second kappa shape index (κ2) is 7.58. The van der Waals surface area contributed by atoms with Crippen molar-refractivity contribution in [2.45, 2.75) is 33.1 Å². The van der Waals surface area contributed by atoms with E-state index in [1.54, 1.807) is 0 Å². The Morgan fingerprint density at radius 2 is 2.15 bits per heavy atom.